The van der Waals surface area contributed by atoms with E-state index in [-0.39, 0.29) is 11.3 Å². The Morgan fingerprint density at radius 2 is 2.00 bits per heavy atom. The minimum Gasteiger partial charge on any atom is -0.872 e. The van der Waals surface area contributed by atoms with Crippen molar-refractivity contribution in [1.29, 1.82) is 0 Å². The molecule has 0 aliphatic heterocycles. The van der Waals surface area contributed by atoms with E-state index in [4.69, 9.17) is 5.11 Å². The van der Waals surface area contributed by atoms with Crippen LogP contribution in [-0.4, -0.2) is 11.1 Å². The first kappa shape index (κ1) is 9.52. The van der Waals surface area contributed by atoms with Crippen molar-refractivity contribution < 1.29 is 15.0 Å². The summed E-state index contributed by atoms with van der Waals surface area (Å²) in [7, 11) is 0. The Bertz CT molecular complexity index is 544. The van der Waals surface area contributed by atoms with Crippen molar-refractivity contribution in [2.75, 3.05) is 0 Å². The van der Waals surface area contributed by atoms with Crippen LogP contribution in [0.3, 0.4) is 0 Å². The maximum atomic E-state index is 11.3. The van der Waals surface area contributed by atoms with Crippen LogP contribution in [0.5, 0.6) is 5.75 Å². The first-order chi connectivity index (χ1) is 7.09. The average molecular weight is 201 g/mol. The zero-order valence-corrected chi connectivity index (χ0v) is 8.15. The lowest BCUT2D eigenvalue weighted by molar-refractivity contribution is -0.268. The summed E-state index contributed by atoms with van der Waals surface area (Å²) in [6.45, 7) is 1.85. The topological polar surface area (TPSA) is 60.4 Å². The lowest BCUT2D eigenvalue weighted by Crippen LogP contribution is -2.00. The van der Waals surface area contributed by atoms with Crippen LogP contribution in [0.25, 0.3) is 10.8 Å². The summed E-state index contributed by atoms with van der Waals surface area (Å²) in [4.78, 5) is 10.9. The molecule has 0 saturated heterocycles. The summed E-state index contributed by atoms with van der Waals surface area (Å²) in [5.41, 5.74) is 0.980. The molecule has 0 atom stereocenters. The van der Waals surface area contributed by atoms with E-state index >= 15 is 0 Å². The molecule has 1 N–H and O–H groups in total. The van der Waals surface area contributed by atoms with Crippen molar-refractivity contribution in [3.8, 4) is 5.75 Å². The van der Waals surface area contributed by atoms with Crippen molar-refractivity contribution in [2.45, 2.75) is 6.92 Å². The number of carboxylic acid groups (broad SMARTS) is 1. The number of aromatic carboxylic acids is 1. The van der Waals surface area contributed by atoms with Gasteiger partial charge in [0.25, 0.3) is 0 Å². The van der Waals surface area contributed by atoms with Crippen LogP contribution in [0.1, 0.15) is 15.9 Å². The Balaban J connectivity index is 2.92. The van der Waals surface area contributed by atoms with E-state index in [1.165, 1.54) is 6.07 Å². The fourth-order valence-electron chi connectivity index (χ4n) is 1.69. The van der Waals surface area contributed by atoms with Crippen molar-refractivity contribution >= 4 is 16.7 Å². The zero-order valence-electron chi connectivity index (χ0n) is 8.15. The van der Waals surface area contributed by atoms with E-state index in [0.717, 1.165) is 11.6 Å². The lowest BCUT2D eigenvalue weighted by Gasteiger charge is -2.11. The molecule has 0 bridgehead atoms. The molecule has 0 saturated carbocycles. The molecule has 0 unspecified atom stereocenters. The molecule has 0 amide bonds. The van der Waals surface area contributed by atoms with Crippen LogP contribution in [-0.2, 0) is 0 Å². The number of hydrogen-bond acceptors (Lipinski definition) is 2. The molecule has 0 aliphatic rings. The quantitative estimate of drug-likeness (QED) is 0.766. The van der Waals surface area contributed by atoms with Crippen LogP contribution in [0.4, 0.5) is 0 Å². The number of rotatable bonds is 1. The molecule has 0 spiro atoms. The fraction of sp³-hybridized carbons (Fsp3) is 0.0833. The summed E-state index contributed by atoms with van der Waals surface area (Å²) in [5.74, 6) is -1.34. The third-order valence-corrected chi connectivity index (χ3v) is 2.42. The molecule has 2 aromatic rings. The van der Waals surface area contributed by atoms with E-state index in [2.05, 4.69) is 0 Å². The highest BCUT2D eigenvalue weighted by molar-refractivity contribution is 6.05. The molecule has 2 aromatic carbocycles. The minimum atomic E-state index is -1.07. The molecule has 0 fully saturated rings. The second kappa shape index (κ2) is 3.28. The van der Waals surface area contributed by atoms with Crippen LogP contribution in [0.15, 0.2) is 30.3 Å². The molecule has 15 heavy (non-hydrogen) atoms. The molecular formula is C12H9O3-. The van der Waals surface area contributed by atoms with Gasteiger partial charge in [0.1, 0.15) is 0 Å². The smallest absolute Gasteiger partial charge is 0.336 e. The van der Waals surface area contributed by atoms with Crippen molar-refractivity contribution in [3.63, 3.8) is 0 Å². The van der Waals surface area contributed by atoms with Gasteiger partial charge in [0.2, 0.25) is 0 Å². The number of aryl methyl sites for hydroxylation is 1. The normalized spacial score (nSPS) is 10.5. The maximum absolute atomic E-state index is 11.3. The van der Waals surface area contributed by atoms with E-state index in [0.29, 0.717) is 10.8 Å². The highest BCUT2D eigenvalue weighted by atomic mass is 16.4. The molecule has 0 aliphatic carbocycles. The summed E-state index contributed by atoms with van der Waals surface area (Å²) in [6, 6.07) is 7.98. The Labute approximate surface area is 86.6 Å². The predicted molar refractivity (Wildman–Crippen MR) is 55.1 cm³/mol. The van der Waals surface area contributed by atoms with Gasteiger partial charge in [-0.15, -0.1) is 5.75 Å². The molecule has 3 heteroatoms. The third kappa shape index (κ3) is 1.52. The lowest BCUT2D eigenvalue weighted by atomic mass is 10.0. The molecule has 76 valence electrons. The van der Waals surface area contributed by atoms with Gasteiger partial charge in [0, 0.05) is 0 Å². The molecule has 0 heterocycles. The first-order valence-corrected chi connectivity index (χ1v) is 4.53. The van der Waals surface area contributed by atoms with Gasteiger partial charge in [-0.05, 0) is 23.3 Å². The van der Waals surface area contributed by atoms with Gasteiger partial charge < -0.3 is 10.2 Å². The van der Waals surface area contributed by atoms with Gasteiger partial charge in [0.05, 0.1) is 5.56 Å². The highest BCUT2D eigenvalue weighted by Crippen LogP contribution is 2.25. The van der Waals surface area contributed by atoms with E-state index in [1.807, 2.05) is 13.0 Å². The number of carboxylic acids is 1. The van der Waals surface area contributed by atoms with Gasteiger partial charge in [0.15, 0.2) is 0 Å². The summed E-state index contributed by atoms with van der Waals surface area (Å²) >= 11 is 0. The number of benzene rings is 2. The number of carbonyl (C=O) groups is 1. The van der Waals surface area contributed by atoms with Gasteiger partial charge in [-0.1, -0.05) is 30.3 Å². The second-order valence-corrected chi connectivity index (χ2v) is 3.45. The monoisotopic (exact) mass is 201 g/mol. The largest absolute Gasteiger partial charge is 0.872 e. The summed E-state index contributed by atoms with van der Waals surface area (Å²) in [6.07, 6.45) is 0. The fourth-order valence-corrected chi connectivity index (χ4v) is 1.69. The van der Waals surface area contributed by atoms with Gasteiger partial charge >= 0.3 is 5.97 Å². The Morgan fingerprint density at radius 3 is 2.67 bits per heavy atom. The zero-order chi connectivity index (χ0) is 11.0. The van der Waals surface area contributed by atoms with Gasteiger partial charge in [-0.3, -0.25) is 0 Å². The molecule has 3 nitrogen and oxygen atoms in total. The van der Waals surface area contributed by atoms with Crippen molar-refractivity contribution in [1.82, 2.24) is 0 Å². The Hall–Kier alpha value is -2.03. The standard InChI is InChI=1S/C12H10O3/c1-7-3-2-4-9-10(7)5-8(13)6-11(9)12(14)15/h2-6,13H,1H3,(H,14,15)/p-1. The second-order valence-electron chi connectivity index (χ2n) is 3.45. The molecule has 0 radical (unpaired) electrons. The summed E-state index contributed by atoms with van der Waals surface area (Å²) < 4.78 is 0. The first-order valence-electron chi connectivity index (χ1n) is 4.53. The minimum absolute atomic E-state index is 0.0706. The number of fused-ring (bicyclic) bond motifs is 1. The Morgan fingerprint density at radius 1 is 1.27 bits per heavy atom. The summed E-state index contributed by atoms with van der Waals surface area (Å²) in [5, 5.41) is 21.6. The predicted octanol–water partition coefficient (Wildman–Crippen LogP) is 1.92. The third-order valence-electron chi connectivity index (χ3n) is 2.42. The van der Waals surface area contributed by atoms with Crippen molar-refractivity contribution in [3.05, 3.63) is 41.5 Å². The molecule has 2 rings (SSSR count). The highest BCUT2D eigenvalue weighted by Gasteiger charge is 2.08. The van der Waals surface area contributed by atoms with Crippen molar-refractivity contribution in [2.24, 2.45) is 0 Å². The molecular weight excluding hydrogens is 192 g/mol. The Kier molecular flexibility index (Phi) is 2.08. The van der Waals surface area contributed by atoms with Crippen LogP contribution in [0, 0.1) is 6.92 Å². The van der Waals surface area contributed by atoms with Gasteiger partial charge in [-0.2, -0.15) is 0 Å². The van der Waals surface area contributed by atoms with Crippen LogP contribution in [0.2, 0.25) is 0 Å². The van der Waals surface area contributed by atoms with Crippen LogP contribution >= 0.6 is 0 Å². The van der Waals surface area contributed by atoms with Crippen LogP contribution < -0.4 is 5.11 Å². The van der Waals surface area contributed by atoms with E-state index in [1.54, 1.807) is 12.1 Å². The SMILES string of the molecule is Cc1cccc2c(C(=O)O)cc([O-])cc12. The van der Waals surface area contributed by atoms with E-state index in [9.17, 15) is 9.90 Å². The average Bonchev–Trinajstić information content (AvgIpc) is 2.18. The van der Waals surface area contributed by atoms with Gasteiger partial charge in [-0.25, -0.2) is 4.79 Å². The van der Waals surface area contributed by atoms with E-state index < -0.39 is 5.97 Å². The number of hydrogen-bond donors (Lipinski definition) is 1. The maximum Gasteiger partial charge on any atom is 0.336 e. The molecule has 0 aromatic heterocycles.